The quantitative estimate of drug-likeness (QED) is 0.155. The van der Waals surface area contributed by atoms with Crippen LogP contribution in [0.3, 0.4) is 0 Å². The molecular weight excluding hydrogens is 1080 g/mol. The molecule has 0 saturated heterocycles. The van der Waals surface area contributed by atoms with Crippen molar-refractivity contribution in [3.05, 3.63) is 166 Å². The largest absolute Gasteiger partial charge is 0.308 e. The highest BCUT2D eigenvalue weighted by atomic mass is 14.9. The molecule has 19 atom stereocenters. The number of hydrogen-bond donors (Lipinski definition) is 0. The van der Waals surface area contributed by atoms with Gasteiger partial charge in [-0.05, 0) is 392 Å². The molecule has 16 aliphatic rings. The van der Waals surface area contributed by atoms with Gasteiger partial charge in [0.1, 0.15) is 0 Å². The Morgan fingerprint density at radius 3 is 1.29 bits per heavy atom. The first-order valence-electron chi connectivity index (χ1n) is 36.7. The standard InChI is InChI=1S/C88H70N2/c1-38-2-50-5-49(1)62(3-38)66-14-46-26-81-70(18-41(46)11-63(50)66)74-22-44(21-73-69-17-40-10-61-51(4-39(40)25-80(69)89(81)84(73)74)6-55-35-86-34-52(61)7-56(86)31-77(55)86)45-23-75-71-19-42-12-64-53-8-57-29-59-32-78(87(57,59)36-53)67(64)15-47(42)27-82(71)90-83-28-48-16-68-65(13-43(48)20-72(83)76(24-45)85(75)90)54-9-58-30-60-33-79(68)88(58,60)37-54/h4,10-28,38,49-50,52-60,62,77-79H,1-3,5-9,29-37H2. The molecule has 2 heteroatoms. The third-order valence-electron chi connectivity index (χ3n) is 33.5. The van der Waals surface area contributed by atoms with E-state index in [-0.39, 0.29) is 0 Å². The van der Waals surface area contributed by atoms with Crippen LogP contribution in [0, 0.1) is 69.5 Å². The van der Waals surface area contributed by atoms with Gasteiger partial charge < -0.3 is 8.80 Å². The van der Waals surface area contributed by atoms with Crippen LogP contribution in [0.4, 0.5) is 0 Å². The van der Waals surface area contributed by atoms with E-state index in [9.17, 15) is 0 Å². The van der Waals surface area contributed by atoms with Crippen molar-refractivity contribution in [1.29, 1.82) is 0 Å². The van der Waals surface area contributed by atoms with E-state index in [4.69, 9.17) is 0 Å². The zero-order valence-corrected chi connectivity index (χ0v) is 51.2. The summed E-state index contributed by atoms with van der Waals surface area (Å²) in [6.45, 7) is 0. The smallest absolute Gasteiger partial charge is 0.0620 e. The van der Waals surface area contributed by atoms with Crippen LogP contribution in [0.15, 0.2) is 121 Å². The van der Waals surface area contributed by atoms with Gasteiger partial charge in [0.15, 0.2) is 0 Å². The second-order valence-electron chi connectivity index (χ2n) is 35.7. The number of benzene rings is 10. The van der Waals surface area contributed by atoms with E-state index >= 15 is 0 Å². The van der Waals surface area contributed by atoms with Crippen molar-refractivity contribution in [2.24, 2.45) is 69.5 Å². The molecule has 10 bridgehead atoms. The summed E-state index contributed by atoms with van der Waals surface area (Å²) in [6.07, 6.45) is 24.6. The average Bonchev–Trinajstić information content (AvgIpc) is 1.44. The highest BCUT2D eigenvalue weighted by Crippen LogP contribution is 2.84. The van der Waals surface area contributed by atoms with Gasteiger partial charge in [-0.1, -0.05) is 48.5 Å². The minimum absolute atomic E-state index is 0.648. The van der Waals surface area contributed by atoms with E-state index < -0.39 is 0 Å². The summed E-state index contributed by atoms with van der Waals surface area (Å²) in [6, 6.07) is 53.8. The number of rotatable bonds is 1. The third-order valence-corrected chi connectivity index (χ3v) is 33.5. The van der Waals surface area contributed by atoms with E-state index in [0.717, 1.165) is 94.7 Å². The van der Waals surface area contributed by atoms with E-state index in [1.165, 1.54) is 240 Å². The van der Waals surface area contributed by atoms with Crippen LogP contribution in [-0.2, 0) is 6.42 Å². The Labute approximate surface area is 522 Å². The van der Waals surface area contributed by atoms with E-state index in [0.29, 0.717) is 16.2 Å². The fourth-order valence-corrected chi connectivity index (χ4v) is 30.2. The molecule has 11 saturated carbocycles. The number of nitrogens with zero attached hydrogens (tertiary/aromatic N) is 2. The second-order valence-corrected chi connectivity index (χ2v) is 35.7. The van der Waals surface area contributed by atoms with Gasteiger partial charge in [0.25, 0.3) is 0 Å². The van der Waals surface area contributed by atoms with Crippen molar-refractivity contribution in [1.82, 2.24) is 8.80 Å². The zero-order chi connectivity index (χ0) is 56.5. The van der Waals surface area contributed by atoms with Crippen LogP contribution in [-0.4, -0.2) is 8.80 Å². The molecule has 0 radical (unpaired) electrons. The molecule has 4 aromatic heterocycles. The average molecular weight is 1160 g/mol. The molecule has 432 valence electrons. The summed E-state index contributed by atoms with van der Waals surface area (Å²) in [5, 5.41) is 23.1. The Kier molecular flexibility index (Phi) is 6.86. The molecule has 3 spiro atoms. The van der Waals surface area contributed by atoms with Crippen LogP contribution >= 0.6 is 0 Å². The molecule has 16 aliphatic carbocycles. The SMILES string of the molecule is c1c2c(cc3cc4c5cc(-c6cc7c8cc9cc%10c(cc9cc8n8c9cc%11cc%12c(cc%11cc9c(c6)c78)C6CC7CC8CC%12C78C6)C6CC7CC8CC%10CC876)cc6c7cc8cc9c(cc8cc7n(c4cc13)c56)C1CC3CC9CC1C3)C1CC3CC4C(C2)CC34C1. The number of fused-ring (bicyclic) bond motifs is 29. The Morgan fingerprint density at radius 1 is 0.300 bits per heavy atom. The van der Waals surface area contributed by atoms with Gasteiger partial charge in [-0.2, -0.15) is 0 Å². The van der Waals surface area contributed by atoms with Crippen LogP contribution in [0.1, 0.15) is 189 Å². The molecule has 2 nitrogen and oxygen atoms in total. The van der Waals surface area contributed by atoms with Gasteiger partial charge in [0.05, 0.1) is 33.1 Å². The summed E-state index contributed by atoms with van der Waals surface area (Å²) in [4.78, 5) is 0. The number of aromatic nitrogens is 2. The molecule has 90 heavy (non-hydrogen) atoms. The van der Waals surface area contributed by atoms with E-state index in [1.807, 2.05) is 0 Å². The molecule has 0 N–H and O–H groups in total. The summed E-state index contributed by atoms with van der Waals surface area (Å²) in [7, 11) is 0. The minimum atomic E-state index is 0.648. The van der Waals surface area contributed by atoms with Gasteiger partial charge in [-0.3, -0.25) is 0 Å². The van der Waals surface area contributed by atoms with Crippen molar-refractivity contribution in [2.75, 3.05) is 0 Å². The first kappa shape index (κ1) is 45.2. The normalized spacial score (nSPS) is 38.7. The highest BCUT2D eigenvalue weighted by Gasteiger charge is 2.74. The Morgan fingerprint density at radius 2 is 0.756 bits per heavy atom. The van der Waals surface area contributed by atoms with Crippen LogP contribution in [0.2, 0.25) is 0 Å². The molecule has 0 amide bonds. The maximum absolute atomic E-state index is 2.77. The van der Waals surface area contributed by atoms with E-state index in [1.54, 1.807) is 44.5 Å². The fraction of sp³-hybridized carbons (Fsp3) is 0.409. The summed E-state index contributed by atoms with van der Waals surface area (Å²) in [5.74, 6) is 14.0. The van der Waals surface area contributed by atoms with Gasteiger partial charge in [0, 0.05) is 43.1 Å². The first-order valence-corrected chi connectivity index (χ1v) is 36.7. The van der Waals surface area contributed by atoms with Crippen LogP contribution in [0.5, 0.6) is 0 Å². The summed E-state index contributed by atoms with van der Waals surface area (Å²) >= 11 is 0. The predicted octanol–water partition coefficient (Wildman–Crippen LogP) is 22.3. The second kappa shape index (κ2) is 13.7. The Hall–Kier alpha value is -7.16. The van der Waals surface area contributed by atoms with Crippen molar-refractivity contribution >= 4 is 119 Å². The molecular formula is C88H70N2. The predicted molar refractivity (Wildman–Crippen MR) is 367 cm³/mol. The van der Waals surface area contributed by atoms with Gasteiger partial charge in [-0.25, -0.2) is 0 Å². The summed E-state index contributed by atoms with van der Waals surface area (Å²) in [5.41, 5.74) is 26.9. The van der Waals surface area contributed by atoms with Crippen LogP contribution < -0.4 is 0 Å². The van der Waals surface area contributed by atoms with E-state index in [2.05, 4.69) is 130 Å². The molecule has 19 unspecified atom stereocenters. The zero-order valence-electron chi connectivity index (χ0n) is 51.2. The first-order chi connectivity index (χ1) is 44.3. The van der Waals surface area contributed by atoms with Crippen molar-refractivity contribution < 1.29 is 0 Å². The molecule has 11 fully saturated rings. The highest BCUT2D eigenvalue weighted by molar-refractivity contribution is 6.30. The lowest BCUT2D eigenvalue weighted by atomic mass is 9.36. The maximum Gasteiger partial charge on any atom is 0.0620 e. The topological polar surface area (TPSA) is 8.82 Å². The summed E-state index contributed by atoms with van der Waals surface area (Å²) < 4.78 is 5.53. The maximum atomic E-state index is 2.77. The third kappa shape index (κ3) is 4.54. The Bertz CT molecular complexity index is 5840. The molecule has 30 rings (SSSR count). The van der Waals surface area contributed by atoms with Crippen molar-refractivity contribution in [3.63, 3.8) is 0 Å². The lowest BCUT2D eigenvalue weighted by Crippen LogP contribution is -2.60. The number of hydrogen-bond acceptors (Lipinski definition) is 0. The van der Waals surface area contributed by atoms with Crippen molar-refractivity contribution in [3.8, 4) is 11.1 Å². The molecule has 0 aliphatic heterocycles. The minimum Gasteiger partial charge on any atom is -0.308 e. The monoisotopic (exact) mass is 1150 g/mol. The van der Waals surface area contributed by atoms with Gasteiger partial charge in [0.2, 0.25) is 0 Å². The molecule has 10 aromatic carbocycles. The van der Waals surface area contributed by atoms with Crippen LogP contribution in [0.25, 0.3) is 130 Å². The van der Waals surface area contributed by atoms with Gasteiger partial charge in [-0.15, -0.1) is 0 Å². The lowest BCUT2D eigenvalue weighted by molar-refractivity contribution is -0.172. The van der Waals surface area contributed by atoms with Crippen molar-refractivity contribution in [2.45, 2.75) is 151 Å². The Balaban J connectivity index is 0.702. The fourth-order valence-electron chi connectivity index (χ4n) is 30.2. The molecule has 4 heterocycles. The lowest BCUT2D eigenvalue weighted by Gasteiger charge is -2.68. The molecule has 14 aromatic rings. The van der Waals surface area contributed by atoms with Gasteiger partial charge >= 0.3 is 0 Å².